The lowest BCUT2D eigenvalue weighted by Gasteiger charge is -2.26. The molecule has 1 aliphatic rings. The zero-order valence-corrected chi connectivity index (χ0v) is 15.5. The average Bonchev–Trinajstić information content (AvgIpc) is 2.67. The lowest BCUT2D eigenvalue weighted by atomic mass is 10.2. The molecule has 1 N–H and O–H groups in total. The maximum atomic E-state index is 12.2. The van der Waals surface area contributed by atoms with Gasteiger partial charge in [0.2, 0.25) is 0 Å². The van der Waals surface area contributed by atoms with E-state index < -0.39 is 5.56 Å². The van der Waals surface area contributed by atoms with Gasteiger partial charge in [-0.15, -0.1) is 0 Å². The predicted octanol–water partition coefficient (Wildman–Crippen LogP) is 1.60. The van der Waals surface area contributed by atoms with Crippen LogP contribution in [0.4, 0.5) is 0 Å². The molecule has 0 bridgehead atoms. The van der Waals surface area contributed by atoms with Gasteiger partial charge < -0.3 is 10.1 Å². The van der Waals surface area contributed by atoms with Crippen LogP contribution >= 0.6 is 23.2 Å². The molecule has 0 spiro atoms. The number of rotatable bonds is 5. The second kappa shape index (κ2) is 8.64. The van der Waals surface area contributed by atoms with Gasteiger partial charge >= 0.3 is 0 Å². The van der Waals surface area contributed by atoms with Crippen molar-refractivity contribution in [3.63, 3.8) is 0 Å². The fraction of sp³-hybridized carbons (Fsp3) is 0.353. The first-order valence-electron chi connectivity index (χ1n) is 8.18. The van der Waals surface area contributed by atoms with Gasteiger partial charge in [-0.3, -0.25) is 14.5 Å². The maximum absolute atomic E-state index is 12.2. The fourth-order valence-corrected chi connectivity index (χ4v) is 2.86. The molecule has 0 unspecified atom stereocenters. The normalized spacial score (nSPS) is 15.0. The lowest BCUT2D eigenvalue weighted by molar-refractivity contribution is 0.0383. The minimum Gasteiger partial charge on any atom is -0.379 e. The van der Waals surface area contributed by atoms with Crippen molar-refractivity contribution in [1.29, 1.82) is 0 Å². The van der Waals surface area contributed by atoms with E-state index in [2.05, 4.69) is 15.3 Å². The summed E-state index contributed by atoms with van der Waals surface area (Å²) in [4.78, 5) is 26.6. The molecular weight excluding hydrogens is 379 g/mol. The summed E-state index contributed by atoms with van der Waals surface area (Å²) < 4.78 is 6.43. The summed E-state index contributed by atoms with van der Waals surface area (Å²) in [5.74, 6) is -0.167. The van der Waals surface area contributed by atoms with Gasteiger partial charge in [0.15, 0.2) is 0 Å². The first kappa shape index (κ1) is 18.8. The Bertz CT molecular complexity index is 833. The number of nitrogens with zero attached hydrogens (tertiary/aromatic N) is 3. The summed E-state index contributed by atoms with van der Waals surface area (Å²) >= 11 is 11.6. The molecule has 1 saturated heterocycles. The molecule has 26 heavy (non-hydrogen) atoms. The molecule has 0 atom stereocenters. The van der Waals surface area contributed by atoms with Crippen LogP contribution in [0, 0.1) is 0 Å². The van der Waals surface area contributed by atoms with E-state index in [-0.39, 0.29) is 16.0 Å². The van der Waals surface area contributed by atoms with Gasteiger partial charge in [0, 0.05) is 31.7 Å². The monoisotopic (exact) mass is 396 g/mol. The number of hydrogen-bond acceptors (Lipinski definition) is 5. The zero-order chi connectivity index (χ0) is 18.5. The highest BCUT2D eigenvalue weighted by Crippen LogP contribution is 2.16. The summed E-state index contributed by atoms with van der Waals surface area (Å²) in [5, 5.41) is 6.86. The van der Waals surface area contributed by atoms with Crippen molar-refractivity contribution < 1.29 is 9.53 Å². The van der Waals surface area contributed by atoms with E-state index in [4.69, 9.17) is 27.9 Å². The number of aromatic nitrogens is 2. The van der Waals surface area contributed by atoms with E-state index in [0.29, 0.717) is 17.8 Å². The average molecular weight is 397 g/mol. The Balaban J connectivity index is 1.61. The van der Waals surface area contributed by atoms with Gasteiger partial charge in [0.05, 0.1) is 30.1 Å². The van der Waals surface area contributed by atoms with Crippen molar-refractivity contribution in [3.05, 3.63) is 56.4 Å². The van der Waals surface area contributed by atoms with Gasteiger partial charge in [-0.25, -0.2) is 0 Å². The topological polar surface area (TPSA) is 76.5 Å². The van der Waals surface area contributed by atoms with E-state index in [1.54, 1.807) is 24.3 Å². The Morgan fingerprint density at radius 1 is 1.19 bits per heavy atom. The van der Waals surface area contributed by atoms with Crippen LogP contribution in [0.25, 0.3) is 5.69 Å². The van der Waals surface area contributed by atoms with Crippen molar-refractivity contribution in [2.75, 3.05) is 39.4 Å². The van der Waals surface area contributed by atoms with Crippen LogP contribution in [-0.4, -0.2) is 60.0 Å². The molecule has 138 valence electrons. The Morgan fingerprint density at radius 2 is 1.88 bits per heavy atom. The first-order valence-corrected chi connectivity index (χ1v) is 8.94. The number of carbonyl (C=O) groups is 1. The Morgan fingerprint density at radius 3 is 2.58 bits per heavy atom. The number of halogens is 2. The first-order chi connectivity index (χ1) is 12.6. The van der Waals surface area contributed by atoms with Crippen molar-refractivity contribution in [2.45, 2.75) is 0 Å². The summed E-state index contributed by atoms with van der Waals surface area (Å²) in [7, 11) is 0. The maximum Gasteiger partial charge on any atom is 0.291 e. The molecule has 0 radical (unpaired) electrons. The van der Waals surface area contributed by atoms with E-state index in [9.17, 15) is 9.59 Å². The largest absolute Gasteiger partial charge is 0.379 e. The van der Waals surface area contributed by atoms with Crippen molar-refractivity contribution in [1.82, 2.24) is 20.0 Å². The zero-order valence-electron chi connectivity index (χ0n) is 14.0. The van der Waals surface area contributed by atoms with Crippen LogP contribution in [0.5, 0.6) is 0 Å². The van der Waals surface area contributed by atoms with Gasteiger partial charge in [-0.05, 0) is 24.3 Å². The number of hydrogen-bond donors (Lipinski definition) is 1. The van der Waals surface area contributed by atoms with Crippen LogP contribution in [0.3, 0.4) is 0 Å². The number of ether oxygens (including phenoxy) is 1. The van der Waals surface area contributed by atoms with E-state index in [1.807, 2.05) is 0 Å². The molecule has 1 fully saturated rings. The molecule has 1 aromatic carbocycles. The quantitative estimate of drug-likeness (QED) is 0.830. The van der Waals surface area contributed by atoms with Crippen molar-refractivity contribution >= 4 is 29.1 Å². The van der Waals surface area contributed by atoms with Gasteiger partial charge in [-0.2, -0.15) is 9.78 Å². The van der Waals surface area contributed by atoms with Gasteiger partial charge in [-0.1, -0.05) is 23.2 Å². The minimum atomic E-state index is -0.512. The number of morpholine rings is 1. The predicted molar refractivity (Wildman–Crippen MR) is 99.4 cm³/mol. The third-order valence-electron chi connectivity index (χ3n) is 4.07. The van der Waals surface area contributed by atoms with Crippen LogP contribution in [-0.2, 0) is 4.74 Å². The molecule has 2 aromatic rings. The summed E-state index contributed by atoms with van der Waals surface area (Å²) in [5.41, 5.74) is 0.490. The Labute approximate surface area is 160 Å². The van der Waals surface area contributed by atoms with Crippen LogP contribution in [0.2, 0.25) is 10.0 Å². The SMILES string of the molecule is O=C(NCCN1CCOCC1)c1ccc(-n2ncc(Cl)c(Cl)c2=O)cc1. The molecule has 3 rings (SSSR count). The number of benzene rings is 1. The Hall–Kier alpha value is -1.93. The molecule has 0 saturated carbocycles. The van der Waals surface area contributed by atoms with E-state index in [1.165, 1.54) is 6.20 Å². The molecule has 2 heterocycles. The van der Waals surface area contributed by atoms with E-state index >= 15 is 0 Å². The smallest absolute Gasteiger partial charge is 0.291 e. The second-order valence-corrected chi connectivity index (χ2v) is 6.57. The fourth-order valence-electron chi connectivity index (χ4n) is 2.60. The van der Waals surface area contributed by atoms with E-state index in [0.717, 1.165) is 37.5 Å². The molecule has 0 aliphatic carbocycles. The van der Waals surface area contributed by atoms with Crippen molar-refractivity contribution in [2.24, 2.45) is 0 Å². The molecule has 9 heteroatoms. The van der Waals surface area contributed by atoms with Crippen LogP contribution in [0.1, 0.15) is 10.4 Å². The van der Waals surface area contributed by atoms with Crippen LogP contribution in [0.15, 0.2) is 35.3 Å². The highest BCUT2D eigenvalue weighted by molar-refractivity contribution is 6.41. The lowest BCUT2D eigenvalue weighted by Crippen LogP contribution is -2.41. The number of carbonyl (C=O) groups excluding carboxylic acids is 1. The molecule has 1 amide bonds. The highest BCUT2D eigenvalue weighted by atomic mass is 35.5. The molecular formula is C17H18Cl2N4O3. The second-order valence-electron chi connectivity index (χ2n) is 5.78. The standard InChI is InChI=1S/C17H18Cl2N4O3/c18-14-11-21-23(17(25)15(14)19)13-3-1-12(2-4-13)16(24)20-5-6-22-7-9-26-10-8-22/h1-4,11H,5-10H2,(H,20,24). The molecule has 1 aromatic heterocycles. The molecule has 1 aliphatic heterocycles. The number of amides is 1. The summed E-state index contributed by atoms with van der Waals surface area (Å²) in [6.45, 7) is 4.59. The molecule has 7 nitrogen and oxygen atoms in total. The van der Waals surface area contributed by atoms with Gasteiger partial charge in [0.1, 0.15) is 5.02 Å². The highest BCUT2D eigenvalue weighted by Gasteiger charge is 2.12. The van der Waals surface area contributed by atoms with Crippen LogP contribution < -0.4 is 10.9 Å². The summed E-state index contributed by atoms with van der Waals surface area (Å²) in [6.07, 6.45) is 1.30. The van der Waals surface area contributed by atoms with Gasteiger partial charge in [0.25, 0.3) is 11.5 Å². The third kappa shape index (κ3) is 4.42. The minimum absolute atomic E-state index is 0.0911. The third-order valence-corrected chi connectivity index (χ3v) is 4.82. The Kier molecular flexibility index (Phi) is 6.26. The van der Waals surface area contributed by atoms with Crippen molar-refractivity contribution in [3.8, 4) is 5.69 Å². The number of nitrogens with one attached hydrogen (secondary N) is 1. The summed E-state index contributed by atoms with van der Waals surface area (Å²) in [6, 6.07) is 6.54.